The maximum absolute atomic E-state index is 13.0. The Morgan fingerprint density at radius 3 is 2.69 bits per heavy atom. The topological polar surface area (TPSA) is 87.2 Å². The third kappa shape index (κ3) is 3.43. The number of amides is 2. The van der Waals surface area contributed by atoms with Crippen LogP contribution in [0.3, 0.4) is 0 Å². The van der Waals surface area contributed by atoms with E-state index in [1.807, 2.05) is 6.07 Å². The lowest BCUT2D eigenvalue weighted by Gasteiger charge is -2.28. The van der Waals surface area contributed by atoms with Gasteiger partial charge in [-0.05, 0) is 18.6 Å². The first-order chi connectivity index (χ1) is 12.5. The molecule has 1 aromatic rings. The van der Waals surface area contributed by atoms with Crippen molar-refractivity contribution in [3.05, 3.63) is 35.9 Å². The van der Waals surface area contributed by atoms with Crippen LogP contribution in [0.4, 0.5) is 0 Å². The van der Waals surface area contributed by atoms with E-state index >= 15 is 0 Å². The summed E-state index contributed by atoms with van der Waals surface area (Å²) >= 11 is 1.53. The van der Waals surface area contributed by atoms with E-state index in [1.165, 1.54) is 18.9 Å². The third-order valence-corrected chi connectivity index (χ3v) is 6.00. The molecule has 2 saturated heterocycles. The lowest BCUT2D eigenvalue weighted by Crippen LogP contribution is -2.49. The second-order valence-corrected chi connectivity index (χ2v) is 7.68. The molecule has 0 spiro atoms. The molecule has 1 aromatic carbocycles. The standard InChI is InChI=1S/C18H22N2O5S/c1-25-11-18(17(23)24)7-8-19(10-18)16(22)14-9-26-12-20(14)15(21)13-5-3-2-4-6-13/h2-6,14H,7-12H2,1H3,(H,23,24). The summed E-state index contributed by atoms with van der Waals surface area (Å²) in [7, 11) is 1.46. The molecule has 0 saturated carbocycles. The zero-order chi connectivity index (χ0) is 18.7. The molecule has 2 unspecified atom stereocenters. The van der Waals surface area contributed by atoms with E-state index in [1.54, 1.807) is 34.1 Å². The number of hydrogen-bond acceptors (Lipinski definition) is 5. The maximum atomic E-state index is 13.0. The van der Waals surface area contributed by atoms with Crippen molar-refractivity contribution >= 4 is 29.5 Å². The van der Waals surface area contributed by atoms with Crippen LogP contribution in [0, 0.1) is 5.41 Å². The zero-order valence-electron chi connectivity index (χ0n) is 14.6. The van der Waals surface area contributed by atoms with Crippen molar-refractivity contribution in [1.82, 2.24) is 9.80 Å². The Bertz CT molecular complexity index is 698. The van der Waals surface area contributed by atoms with Crippen LogP contribution in [0.25, 0.3) is 0 Å². The number of thioether (sulfide) groups is 1. The summed E-state index contributed by atoms with van der Waals surface area (Å²) in [5.74, 6) is -0.320. The number of hydrogen-bond donors (Lipinski definition) is 1. The lowest BCUT2D eigenvalue weighted by atomic mass is 9.88. The van der Waals surface area contributed by atoms with Crippen LogP contribution in [-0.4, -0.2) is 77.2 Å². The van der Waals surface area contributed by atoms with E-state index in [2.05, 4.69) is 0 Å². The van der Waals surface area contributed by atoms with Crippen molar-refractivity contribution in [2.45, 2.75) is 12.5 Å². The molecule has 2 heterocycles. The van der Waals surface area contributed by atoms with Gasteiger partial charge in [-0.2, -0.15) is 0 Å². The largest absolute Gasteiger partial charge is 0.481 e. The van der Waals surface area contributed by atoms with Crippen molar-refractivity contribution in [1.29, 1.82) is 0 Å². The van der Waals surface area contributed by atoms with Gasteiger partial charge in [-0.15, -0.1) is 11.8 Å². The quantitative estimate of drug-likeness (QED) is 0.827. The number of nitrogens with zero attached hydrogens (tertiary/aromatic N) is 2. The fourth-order valence-corrected chi connectivity index (χ4v) is 4.64. The molecule has 7 nitrogen and oxygen atoms in total. The van der Waals surface area contributed by atoms with Gasteiger partial charge in [0.25, 0.3) is 5.91 Å². The first-order valence-electron chi connectivity index (χ1n) is 8.43. The van der Waals surface area contributed by atoms with Gasteiger partial charge >= 0.3 is 5.97 Å². The summed E-state index contributed by atoms with van der Waals surface area (Å²) in [6.07, 6.45) is 0.356. The first kappa shape index (κ1) is 18.7. The molecule has 2 aliphatic heterocycles. The van der Waals surface area contributed by atoms with Crippen LogP contribution >= 0.6 is 11.8 Å². The Morgan fingerprint density at radius 1 is 1.31 bits per heavy atom. The number of ether oxygens (including phenoxy) is 1. The highest BCUT2D eigenvalue weighted by molar-refractivity contribution is 7.99. The van der Waals surface area contributed by atoms with Crippen LogP contribution in [0.2, 0.25) is 0 Å². The molecule has 2 atom stereocenters. The van der Waals surface area contributed by atoms with Crippen molar-refractivity contribution in [2.75, 3.05) is 38.4 Å². The number of carboxylic acids is 1. The minimum atomic E-state index is -1.07. The molecule has 8 heteroatoms. The van der Waals surface area contributed by atoms with Gasteiger partial charge < -0.3 is 19.6 Å². The molecule has 2 fully saturated rings. The number of benzene rings is 1. The summed E-state index contributed by atoms with van der Waals surface area (Å²) in [4.78, 5) is 40.6. The van der Waals surface area contributed by atoms with Gasteiger partial charge in [0.2, 0.25) is 5.91 Å². The smallest absolute Gasteiger partial charge is 0.313 e. The Kier molecular flexibility index (Phi) is 5.52. The van der Waals surface area contributed by atoms with E-state index in [0.29, 0.717) is 30.2 Å². The predicted molar refractivity (Wildman–Crippen MR) is 96.9 cm³/mol. The van der Waals surface area contributed by atoms with Gasteiger partial charge in [0.15, 0.2) is 0 Å². The van der Waals surface area contributed by atoms with Crippen LogP contribution in [0.1, 0.15) is 16.8 Å². The zero-order valence-corrected chi connectivity index (χ0v) is 15.4. The van der Waals surface area contributed by atoms with Crippen molar-refractivity contribution in [3.8, 4) is 0 Å². The summed E-state index contributed by atoms with van der Waals surface area (Å²) in [6.45, 7) is 0.546. The molecule has 26 heavy (non-hydrogen) atoms. The second-order valence-electron chi connectivity index (χ2n) is 6.68. The SMILES string of the molecule is COCC1(C(=O)O)CCN(C(=O)C2CSCN2C(=O)c2ccccc2)C1. The predicted octanol–water partition coefficient (Wildman–Crippen LogP) is 1.15. The molecule has 140 valence electrons. The van der Waals surface area contributed by atoms with Crippen LogP contribution in [-0.2, 0) is 14.3 Å². The highest BCUT2D eigenvalue weighted by Crippen LogP contribution is 2.33. The van der Waals surface area contributed by atoms with Crippen molar-refractivity contribution < 1.29 is 24.2 Å². The Balaban J connectivity index is 1.73. The fourth-order valence-electron chi connectivity index (χ4n) is 3.50. The van der Waals surface area contributed by atoms with Crippen molar-refractivity contribution in [2.24, 2.45) is 5.41 Å². The molecular formula is C18H22N2O5S. The summed E-state index contributed by atoms with van der Waals surface area (Å²) in [6, 6.07) is 8.33. The molecular weight excluding hydrogens is 356 g/mol. The number of carbonyl (C=O) groups excluding carboxylic acids is 2. The van der Waals surface area contributed by atoms with E-state index in [4.69, 9.17) is 4.74 Å². The highest BCUT2D eigenvalue weighted by Gasteiger charge is 2.48. The van der Waals surface area contributed by atoms with Gasteiger partial charge in [0.1, 0.15) is 11.5 Å². The molecule has 2 aliphatic rings. The van der Waals surface area contributed by atoms with Crippen LogP contribution < -0.4 is 0 Å². The number of rotatable bonds is 5. The number of carbonyl (C=O) groups is 3. The lowest BCUT2D eigenvalue weighted by molar-refractivity contribution is -0.151. The summed E-state index contributed by atoms with van der Waals surface area (Å²) in [5, 5.41) is 9.56. The molecule has 0 radical (unpaired) electrons. The minimum Gasteiger partial charge on any atom is -0.481 e. The van der Waals surface area contributed by atoms with Gasteiger partial charge in [0, 0.05) is 31.5 Å². The van der Waals surface area contributed by atoms with Gasteiger partial charge in [-0.3, -0.25) is 14.4 Å². The normalized spacial score (nSPS) is 25.5. The molecule has 3 rings (SSSR count). The van der Waals surface area contributed by atoms with E-state index in [9.17, 15) is 19.5 Å². The number of likely N-dealkylation sites (tertiary alicyclic amines) is 1. The monoisotopic (exact) mass is 378 g/mol. The number of carboxylic acid groups (broad SMARTS) is 1. The molecule has 0 aromatic heterocycles. The van der Waals surface area contributed by atoms with Crippen LogP contribution in [0.15, 0.2) is 30.3 Å². The minimum absolute atomic E-state index is 0.0676. The molecule has 2 amide bonds. The highest BCUT2D eigenvalue weighted by atomic mass is 32.2. The van der Waals surface area contributed by atoms with Gasteiger partial charge in [0.05, 0.1) is 12.5 Å². The number of aliphatic carboxylic acids is 1. The number of methoxy groups -OCH3 is 1. The Hall–Kier alpha value is -2.06. The summed E-state index contributed by atoms with van der Waals surface area (Å²) < 4.78 is 5.07. The third-order valence-electron chi connectivity index (χ3n) is 4.99. The van der Waals surface area contributed by atoms with E-state index in [-0.39, 0.29) is 25.0 Å². The average Bonchev–Trinajstić information content (AvgIpc) is 3.30. The van der Waals surface area contributed by atoms with E-state index in [0.717, 1.165) is 0 Å². The average molecular weight is 378 g/mol. The summed E-state index contributed by atoms with van der Waals surface area (Å²) in [5.41, 5.74) is -0.516. The Morgan fingerprint density at radius 2 is 2.04 bits per heavy atom. The van der Waals surface area contributed by atoms with Gasteiger partial charge in [-0.1, -0.05) is 18.2 Å². The van der Waals surface area contributed by atoms with Gasteiger partial charge in [-0.25, -0.2) is 0 Å². The fraction of sp³-hybridized carbons (Fsp3) is 0.500. The molecule has 0 bridgehead atoms. The van der Waals surface area contributed by atoms with Crippen molar-refractivity contribution in [3.63, 3.8) is 0 Å². The van der Waals surface area contributed by atoms with Crippen LogP contribution in [0.5, 0.6) is 0 Å². The van der Waals surface area contributed by atoms with E-state index < -0.39 is 17.4 Å². The maximum Gasteiger partial charge on any atom is 0.313 e. The molecule has 0 aliphatic carbocycles. The second kappa shape index (κ2) is 7.67. The Labute approximate surface area is 156 Å². The first-order valence-corrected chi connectivity index (χ1v) is 9.59. The molecule has 1 N–H and O–H groups in total.